The van der Waals surface area contributed by atoms with E-state index in [2.05, 4.69) is 10.1 Å². The highest BCUT2D eigenvalue weighted by atomic mass is 16.3. The van der Waals surface area contributed by atoms with Crippen LogP contribution in [0.3, 0.4) is 0 Å². The van der Waals surface area contributed by atoms with Crippen LogP contribution < -0.4 is 0 Å². The van der Waals surface area contributed by atoms with Crippen LogP contribution in [-0.4, -0.2) is 20.5 Å². The molecule has 0 aliphatic heterocycles. The lowest BCUT2D eigenvalue weighted by molar-refractivity contribution is 0.0990. The number of para-hydroxylation sites is 1. The molecule has 3 rings (SSSR count). The van der Waals surface area contributed by atoms with Crippen molar-refractivity contribution in [2.24, 2.45) is 0 Å². The Morgan fingerprint density at radius 3 is 2.95 bits per heavy atom. The highest BCUT2D eigenvalue weighted by molar-refractivity contribution is 6.07. The van der Waals surface area contributed by atoms with Crippen molar-refractivity contribution in [2.45, 2.75) is 26.3 Å². The van der Waals surface area contributed by atoms with E-state index in [4.69, 9.17) is 4.42 Å². The molecule has 20 heavy (non-hydrogen) atoms. The van der Waals surface area contributed by atoms with Crippen LogP contribution in [-0.2, 0) is 6.42 Å². The number of furan rings is 1. The van der Waals surface area contributed by atoms with Crippen molar-refractivity contribution in [3.63, 3.8) is 0 Å². The van der Waals surface area contributed by atoms with E-state index in [1.54, 1.807) is 4.68 Å². The monoisotopic (exact) mass is 269 g/mol. The summed E-state index contributed by atoms with van der Waals surface area (Å²) in [5.41, 5.74) is 1.32. The fourth-order valence-electron chi connectivity index (χ4n) is 2.26. The SMILES string of the molecule is CC(C)n1ncnc1CC(=O)c1coc2ccccc12. The van der Waals surface area contributed by atoms with Gasteiger partial charge >= 0.3 is 0 Å². The number of fused-ring (bicyclic) bond motifs is 1. The molecule has 0 N–H and O–H groups in total. The van der Waals surface area contributed by atoms with Gasteiger partial charge in [-0.2, -0.15) is 5.10 Å². The zero-order chi connectivity index (χ0) is 14.1. The zero-order valence-electron chi connectivity index (χ0n) is 11.4. The third-order valence-corrected chi connectivity index (χ3v) is 3.24. The van der Waals surface area contributed by atoms with Crippen LogP contribution in [0.4, 0.5) is 0 Å². The molecule has 0 aliphatic carbocycles. The average Bonchev–Trinajstić information content (AvgIpc) is 3.04. The van der Waals surface area contributed by atoms with E-state index >= 15 is 0 Å². The molecule has 0 atom stereocenters. The van der Waals surface area contributed by atoms with Gasteiger partial charge in [-0.15, -0.1) is 0 Å². The summed E-state index contributed by atoms with van der Waals surface area (Å²) >= 11 is 0. The minimum atomic E-state index is -0.00940. The minimum Gasteiger partial charge on any atom is -0.464 e. The highest BCUT2D eigenvalue weighted by Crippen LogP contribution is 2.22. The normalized spacial score (nSPS) is 11.3. The number of carbonyl (C=O) groups excluding carboxylic acids is 1. The molecule has 0 bridgehead atoms. The lowest BCUT2D eigenvalue weighted by Crippen LogP contribution is -2.13. The Kier molecular flexibility index (Phi) is 3.10. The predicted octanol–water partition coefficient (Wildman–Crippen LogP) is 3.03. The van der Waals surface area contributed by atoms with E-state index in [1.807, 2.05) is 38.1 Å². The van der Waals surface area contributed by atoms with Gasteiger partial charge in [-0.3, -0.25) is 4.79 Å². The van der Waals surface area contributed by atoms with Gasteiger partial charge in [-0.05, 0) is 19.9 Å². The van der Waals surface area contributed by atoms with Crippen molar-refractivity contribution >= 4 is 16.8 Å². The third kappa shape index (κ3) is 2.11. The summed E-state index contributed by atoms with van der Waals surface area (Å²) in [4.78, 5) is 16.6. The largest absolute Gasteiger partial charge is 0.464 e. The van der Waals surface area contributed by atoms with Crippen LogP contribution in [0.25, 0.3) is 11.0 Å². The van der Waals surface area contributed by atoms with Gasteiger partial charge in [0.05, 0.1) is 12.0 Å². The van der Waals surface area contributed by atoms with Gasteiger partial charge < -0.3 is 4.42 Å². The number of carbonyl (C=O) groups is 1. The first kappa shape index (κ1) is 12.6. The molecule has 5 nitrogen and oxygen atoms in total. The minimum absolute atomic E-state index is 0.00940. The molecule has 0 amide bonds. The van der Waals surface area contributed by atoms with Crippen LogP contribution in [0.1, 0.15) is 36.1 Å². The molecule has 0 spiro atoms. The second-order valence-corrected chi connectivity index (χ2v) is 4.96. The lowest BCUT2D eigenvalue weighted by atomic mass is 10.1. The molecule has 102 valence electrons. The maximum atomic E-state index is 12.4. The number of ketones is 1. The Balaban J connectivity index is 1.91. The number of hydrogen-bond donors (Lipinski definition) is 0. The van der Waals surface area contributed by atoms with Gasteiger partial charge in [-0.1, -0.05) is 18.2 Å². The molecule has 0 saturated carbocycles. The summed E-state index contributed by atoms with van der Waals surface area (Å²) in [6.07, 6.45) is 3.22. The number of rotatable bonds is 4. The van der Waals surface area contributed by atoms with Gasteiger partial charge in [0.1, 0.15) is 24.0 Å². The maximum Gasteiger partial charge on any atom is 0.174 e. The van der Waals surface area contributed by atoms with Gasteiger partial charge in [0.25, 0.3) is 0 Å². The summed E-state index contributed by atoms with van der Waals surface area (Å²) in [7, 11) is 0. The van der Waals surface area contributed by atoms with Crippen molar-refractivity contribution in [2.75, 3.05) is 0 Å². The Morgan fingerprint density at radius 1 is 1.35 bits per heavy atom. The van der Waals surface area contributed by atoms with Crippen molar-refractivity contribution in [3.8, 4) is 0 Å². The topological polar surface area (TPSA) is 60.9 Å². The van der Waals surface area contributed by atoms with Gasteiger partial charge in [0.2, 0.25) is 0 Å². The molecule has 0 aliphatic rings. The fourth-order valence-corrected chi connectivity index (χ4v) is 2.26. The Bertz CT molecular complexity index is 755. The molecule has 0 fully saturated rings. The first-order chi connectivity index (χ1) is 9.66. The van der Waals surface area contributed by atoms with Crippen molar-refractivity contribution in [1.29, 1.82) is 0 Å². The molecule has 3 aromatic rings. The molecule has 0 radical (unpaired) electrons. The Morgan fingerprint density at radius 2 is 2.15 bits per heavy atom. The first-order valence-corrected chi connectivity index (χ1v) is 6.54. The van der Waals surface area contributed by atoms with Crippen molar-refractivity contribution < 1.29 is 9.21 Å². The predicted molar refractivity (Wildman–Crippen MR) is 74.7 cm³/mol. The van der Waals surface area contributed by atoms with Crippen LogP contribution in [0.5, 0.6) is 0 Å². The number of nitrogens with zero attached hydrogens (tertiary/aromatic N) is 3. The Hall–Kier alpha value is -2.43. The molecule has 1 aromatic carbocycles. The van der Waals surface area contributed by atoms with E-state index in [0.29, 0.717) is 11.4 Å². The number of aromatic nitrogens is 3. The van der Waals surface area contributed by atoms with E-state index in [1.165, 1.54) is 12.6 Å². The molecule has 2 aromatic heterocycles. The zero-order valence-corrected chi connectivity index (χ0v) is 11.4. The average molecular weight is 269 g/mol. The number of Topliss-reactive ketones (excluding diaryl/α,β-unsaturated/α-hetero) is 1. The van der Waals surface area contributed by atoms with Gasteiger partial charge in [0, 0.05) is 11.4 Å². The lowest BCUT2D eigenvalue weighted by Gasteiger charge is -2.08. The van der Waals surface area contributed by atoms with Gasteiger partial charge in [0.15, 0.2) is 5.78 Å². The van der Waals surface area contributed by atoms with Crippen LogP contribution in [0, 0.1) is 0 Å². The molecular weight excluding hydrogens is 254 g/mol. The van der Waals surface area contributed by atoms with Crippen LogP contribution in [0.15, 0.2) is 41.3 Å². The summed E-state index contributed by atoms with van der Waals surface area (Å²) < 4.78 is 7.17. The number of hydrogen-bond acceptors (Lipinski definition) is 4. The van der Waals surface area contributed by atoms with Crippen LogP contribution in [0.2, 0.25) is 0 Å². The summed E-state index contributed by atoms with van der Waals surface area (Å²) in [5.74, 6) is 0.667. The van der Waals surface area contributed by atoms with E-state index in [-0.39, 0.29) is 18.2 Å². The Labute approximate surface area is 116 Å². The molecule has 0 unspecified atom stereocenters. The molecule has 0 saturated heterocycles. The van der Waals surface area contributed by atoms with Gasteiger partial charge in [-0.25, -0.2) is 9.67 Å². The van der Waals surface area contributed by atoms with E-state index in [0.717, 1.165) is 11.0 Å². The molecular formula is C15H15N3O2. The molecule has 2 heterocycles. The van der Waals surface area contributed by atoms with E-state index in [9.17, 15) is 4.79 Å². The second kappa shape index (κ2) is 4.92. The summed E-state index contributed by atoms with van der Waals surface area (Å²) in [6, 6.07) is 7.70. The first-order valence-electron chi connectivity index (χ1n) is 6.54. The standard InChI is InChI=1S/C15H15N3O2/c1-10(2)18-15(16-9-17-18)7-13(19)12-8-20-14-6-4-3-5-11(12)14/h3-6,8-10H,7H2,1-2H3. The quantitative estimate of drug-likeness (QED) is 0.683. The second-order valence-electron chi connectivity index (χ2n) is 4.96. The maximum absolute atomic E-state index is 12.4. The summed E-state index contributed by atoms with van der Waals surface area (Å²) in [6.45, 7) is 4.02. The number of benzene rings is 1. The van der Waals surface area contributed by atoms with E-state index < -0.39 is 0 Å². The van der Waals surface area contributed by atoms with Crippen LogP contribution >= 0.6 is 0 Å². The summed E-state index contributed by atoms with van der Waals surface area (Å²) in [5, 5.41) is 4.98. The fraction of sp³-hybridized carbons (Fsp3) is 0.267. The molecule has 5 heteroatoms. The smallest absolute Gasteiger partial charge is 0.174 e. The van der Waals surface area contributed by atoms with Crippen molar-refractivity contribution in [1.82, 2.24) is 14.8 Å². The highest BCUT2D eigenvalue weighted by Gasteiger charge is 2.17. The third-order valence-electron chi connectivity index (χ3n) is 3.24. The van der Waals surface area contributed by atoms with Crippen molar-refractivity contribution in [3.05, 3.63) is 48.2 Å².